The van der Waals surface area contributed by atoms with Crippen molar-refractivity contribution in [2.24, 2.45) is 0 Å². The fourth-order valence-electron chi connectivity index (χ4n) is 2.98. The lowest BCUT2D eigenvalue weighted by molar-refractivity contribution is -0.385. The molecule has 0 unspecified atom stereocenters. The molecule has 2 aromatic rings. The lowest BCUT2D eigenvalue weighted by Crippen LogP contribution is -2.27. The van der Waals surface area contributed by atoms with Crippen LogP contribution in [0.25, 0.3) is 0 Å². The third-order valence-electron chi connectivity index (χ3n) is 4.50. The maximum Gasteiger partial charge on any atom is 0.272 e. The van der Waals surface area contributed by atoms with Gasteiger partial charge in [0, 0.05) is 30.3 Å². The molecule has 0 atom stereocenters. The lowest BCUT2D eigenvalue weighted by Gasteiger charge is -2.15. The van der Waals surface area contributed by atoms with Crippen molar-refractivity contribution in [3.63, 3.8) is 0 Å². The standard InChI is InChI=1S/C19H20N2O4/c1-14-16(5-4-6-18(14)21(23)24)13-25-17-9-7-15(8-10-17)19(22)20-11-2-3-12-20/h4-10H,2-3,11-13H2,1H3. The van der Waals surface area contributed by atoms with Gasteiger partial charge in [-0.1, -0.05) is 12.1 Å². The second-order valence-electron chi connectivity index (χ2n) is 6.13. The number of hydrogen-bond donors (Lipinski definition) is 0. The van der Waals surface area contributed by atoms with Crippen LogP contribution < -0.4 is 4.74 Å². The van der Waals surface area contributed by atoms with Crippen molar-refractivity contribution in [3.05, 3.63) is 69.3 Å². The van der Waals surface area contributed by atoms with E-state index in [1.165, 1.54) is 6.07 Å². The first kappa shape index (κ1) is 17.0. The molecular weight excluding hydrogens is 320 g/mol. The fraction of sp³-hybridized carbons (Fsp3) is 0.316. The summed E-state index contributed by atoms with van der Waals surface area (Å²) < 4.78 is 5.72. The molecule has 0 aliphatic carbocycles. The molecule has 1 saturated heterocycles. The normalized spacial score (nSPS) is 13.7. The number of nitro groups is 1. The van der Waals surface area contributed by atoms with Gasteiger partial charge in [0.2, 0.25) is 0 Å². The molecule has 2 aromatic carbocycles. The minimum Gasteiger partial charge on any atom is -0.489 e. The van der Waals surface area contributed by atoms with Gasteiger partial charge in [0.15, 0.2) is 0 Å². The minimum absolute atomic E-state index is 0.0542. The Balaban J connectivity index is 1.65. The summed E-state index contributed by atoms with van der Waals surface area (Å²) in [6.45, 7) is 3.61. The van der Waals surface area contributed by atoms with Crippen LogP contribution in [0.5, 0.6) is 5.75 Å². The topological polar surface area (TPSA) is 72.7 Å². The van der Waals surface area contributed by atoms with Gasteiger partial charge in [-0.25, -0.2) is 0 Å². The second kappa shape index (κ2) is 7.34. The molecule has 6 nitrogen and oxygen atoms in total. The molecule has 0 spiro atoms. The number of hydrogen-bond acceptors (Lipinski definition) is 4. The van der Waals surface area contributed by atoms with Crippen molar-refractivity contribution in [1.82, 2.24) is 4.90 Å². The summed E-state index contributed by atoms with van der Waals surface area (Å²) in [6, 6.07) is 12.0. The molecule has 0 N–H and O–H groups in total. The summed E-state index contributed by atoms with van der Waals surface area (Å²) >= 11 is 0. The SMILES string of the molecule is Cc1c(COc2ccc(C(=O)N3CCCC3)cc2)cccc1[N+](=O)[O-]. The summed E-state index contributed by atoms with van der Waals surface area (Å²) in [5.74, 6) is 0.683. The molecule has 6 heteroatoms. The van der Waals surface area contributed by atoms with Crippen molar-refractivity contribution in [2.45, 2.75) is 26.4 Å². The first-order chi connectivity index (χ1) is 12.1. The molecule has 3 rings (SSSR count). The van der Waals surface area contributed by atoms with Crippen LogP contribution in [0, 0.1) is 17.0 Å². The van der Waals surface area contributed by atoms with Crippen LogP contribution in [0.4, 0.5) is 5.69 Å². The third kappa shape index (κ3) is 3.79. The number of likely N-dealkylation sites (tertiary alicyclic amines) is 1. The minimum atomic E-state index is -0.391. The molecule has 130 valence electrons. The van der Waals surface area contributed by atoms with Gasteiger partial charge in [-0.3, -0.25) is 14.9 Å². The number of amides is 1. The number of rotatable bonds is 5. The molecule has 1 aliphatic heterocycles. The van der Waals surface area contributed by atoms with E-state index in [1.807, 2.05) is 11.0 Å². The van der Waals surface area contributed by atoms with Crippen LogP contribution in [0.2, 0.25) is 0 Å². The van der Waals surface area contributed by atoms with Gasteiger partial charge >= 0.3 is 0 Å². The summed E-state index contributed by atoms with van der Waals surface area (Å²) in [6.07, 6.45) is 2.13. The second-order valence-corrected chi connectivity index (χ2v) is 6.13. The summed E-state index contributed by atoms with van der Waals surface area (Å²) in [5, 5.41) is 11.0. The number of ether oxygens (including phenoxy) is 1. The fourth-order valence-corrected chi connectivity index (χ4v) is 2.98. The van der Waals surface area contributed by atoms with Crippen LogP contribution >= 0.6 is 0 Å². The molecule has 1 fully saturated rings. The Labute approximate surface area is 146 Å². The first-order valence-corrected chi connectivity index (χ1v) is 8.31. The summed E-state index contributed by atoms with van der Waals surface area (Å²) in [7, 11) is 0. The number of carbonyl (C=O) groups is 1. The quantitative estimate of drug-likeness (QED) is 0.614. The number of carbonyl (C=O) groups excluding carboxylic acids is 1. The van der Waals surface area contributed by atoms with Gasteiger partial charge in [-0.05, 0) is 49.6 Å². The Hall–Kier alpha value is -2.89. The zero-order valence-corrected chi connectivity index (χ0v) is 14.1. The predicted octanol–water partition coefficient (Wildman–Crippen LogP) is 3.72. The molecule has 0 bridgehead atoms. The van der Waals surface area contributed by atoms with Crippen LogP contribution in [-0.4, -0.2) is 28.8 Å². The summed E-state index contributed by atoms with van der Waals surface area (Å²) in [4.78, 5) is 24.8. The van der Waals surface area contributed by atoms with Gasteiger partial charge in [-0.2, -0.15) is 0 Å². The largest absolute Gasteiger partial charge is 0.489 e. The van der Waals surface area contributed by atoms with E-state index < -0.39 is 4.92 Å². The number of benzene rings is 2. The molecule has 1 aliphatic rings. The highest BCUT2D eigenvalue weighted by atomic mass is 16.6. The Morgan fingerprint density at radius 1 is 1.16 bits per heavy atom. The van der Waals surface area contributed by atoms with Gasteiger partial charge < -0.3 is 9.64 Å². The van der Waals surface area contributed by atoms with Crippen LogP contribution in [-0.2, 0) is 6.61 Å². The molecule has 0 aromatic heterocycles. The van der Waals surface area contributed by atoms with Crippen molar-refractivity contribution in [1.29, 1.82) is 0 Å². The number of nitrogens with zero attached hydrogens (tertiary/aromatic N) is 2. The molecule has 1 amide bonds. The Morgan fingerprint density at radius 3 is 2.48 bits per heavy atom. The predicted molar refractivity (Wildman–Crippen MR) is 93.7 cm³/mol. The molecule has 1 heterocycles. The van der Waals surface area contributed by atoms with E-state index in [0.717, 1.165) is 31.5 Å². The zero-order chi connectivity index (χ0) is 17.8. The highest BCUT2D eigenvalue weighted by molar-refractivity contribution is 5.94. The van der Waals surface area contributed by atoms with Gasteiger partial charge in [0.1, 0.15) is 12.4 Å². The number of nitro benzene ring substituents is 1. The van der Waals surface area contributed by atoms with E-state index in [9.17, 15) is 14.9 Å². The average Bonchev–Trinajstić information content (AvgIpc) is 3.15. The molecule has 25 heavy (non-hydrogen) atoms. The highest BCUT2D eigenvalue weighted by Gasteiger charge is 2.19. The van der Waals surface area contributed by atoms with Crippen molar-refractivity contribution in [2.75, 3.05) is 13.1 Å². The maximum atomic E-state index is 12.3. The highest BCUT2D eigenvalue weighted by Crippen LogP contribution is 2.23. The van der Waals surface area contributed by atoms with E-state index in [0.29, 0.717) is 16.9 Å². The Kier molecular flexibility index (Phi) is 4.97. The first-order valence-electron chi connectivity index (χ1n) is 8.31. The smallest absolute Gasteiger partial charge is 0.272 e. The molecular formula is C19H20N2O4. The van der Waals surface area contributed by atoms with Crippen LogP contribution in [0.3, 0.4) is 0 Å². The lowest BCUT2D eigenvalue weighted by atomic mass is 10.1. The van der Waals surface area contributed by atoms with Crippen LogP contribution in [0.15, 0.2) is 42.5 Å². The van der Waals surface area contributed by atoms with E-state index >= 15 is 0 Å². The van der Waals surface area contributed by atoms with Gasteiger partial charge in [0.25, 0.3) is 11.6 Å². The Morgan fingerprint density at radius 2 is 1.84 bits per heavy atom. The van der Waals surface area contributed by atoms with Crippen molar-refractivity contribution >= 4 is 11.6 Å². The van der Waals surface area contributed by atoms with E-state index in [4.69, 9.17) is 4.74 Å². The average molecular weight is 340 g/mol. The maximum absolute atomic E-state index is 12.3. The van der Waals surface area contributed by atoms with Gasteiger partial charge in [0.05, 0.1) is 4.92 Å². The van der Waals surface area contributed by atoms with Crippen molar-refractivity contribution < 1.29 is 14.5 Å². The monoisotopic (exact) mass is 340 g/mol. The van der Waals surface area contributed by atoms with E-state index in [2.05, 4.69) is 0 Å². The molecule has 0 radical (unpaired) electrons. The zero-order valence-electron chi connectivity index (χ0n) is 14.1. The van der Waals surface area contributed by atoms with Crippen LogP contribution in [0.1, 0.15) is 34.3 Å². The third-order valence-corrected chi connectivity index (χ3v) is 4.50. The van der Waals surface area contributed by atoms with Crippen molar-refractivity contribution in [3.8, 4) is 5.75 Å². The Bertz CT molecular complexity index is 781. The summed E-state index contributed by atoms with van der Waals surface area (Å²) in [5.41, 5.74) is 2.12. The molecule has 0 saturated carbocycles. The van der Waals surface area contributed by atoms with Gasteiger partial charge in [-0.15, -0.1) is 0 Å². The van der Waals surface area contributed by atoms with E-state index in [1.54, 1.807) is 37.3 Å². The van der Waals surface area contributed by atoms with E-state index in [-0.39, 0.29) is 18.2 Å².